The van der Waals surface area contributed by atoms with E-state index < -0.39 is 31.6 Å². The summed E-state index contributed by atoms with van der Waals surface area (Å²) in [7, 11) is -3.37. The molecule has 0 radical (unpaired) electrons. The van der Waals surface area contributed by atoms with Crippen molar-refractivity contribution in [3.05, 3.63) is 101 Å². The first-order chi connectivity index (χ1) is 22.9. The molecule has 6 rings (SSSR count). The van der Waals surface area contributed by atoms with Gasteiger partial charge in [0, 0.05) is 35.9 Å². The van der Waals surface area contributed by atoms with Gasteiger partial charge in [-0.2, -0.15) is 0 Å². The normalized spacial score (nSPS) is 23.5. The number of hydrogen-bond donors (Lipinski definition) is 1. The molecule has 0 aromatic heterocycles. The third-order valence-corrected chi connectivity index (χ3v) is 12.4. The predicted molar refractivity (Wildman–Crippen MR) is 190 cm³/mol. The number of fused-ring (bicyclic) bond motifs is 4. The fraction of sp³-hybridized carbons (Fsp3) is 0.385. The summed E-state index contributed by atoms with van der Waals surface area (Å²) in [6.45, 7) is 11.6. The van der Waals surface area contributed by atoms with Crippen LogP contribution >= 0.6 is 0 Å². The van der Waals surface area contributed by atoms with Gasteiger partial charge in [-0.25, -0.2) is 0 Å². The Morgan fingerprint density at radius 1 is 0.979 bits per heavy atom. The lowest BCUT2D eigenvalue weighted by Gasteiger charge is -2.31. The highest BCUT2D eigenvalue weighted by Crippen LogP contribution is 2.61. The molecule has 3 aromatic rings. The van der Waals surface area contributed by atoms with E-state index >= 15 is 4.11 Å². The van der Waals surface area contributed by atoms with Crippen LogP contribution in [0.4, 0.5) is 21.2 Å². The van der Waals surface area contributed by atoms with Crippen molar-refractivity contribution < 1.29 is 28.3 Å². The maximum Gasteiger partial charge on any atom is 0.266 e. The molecule has 1 N–H and O–H groups in total. The number of carbonyl (C=O) groups excluding carboxylic acids is 2. The molecular formula is C39H45FN2O5Si. The molecule has 0 bridgehead atoms. The number of anilines is 3. The fourth-order valence-electron chi connectivity index (χ4n) is 7.76. The molecule has 48 heavy (non-hydrogen) atoms. The summed E-state index contributed by atoms with van der Waals surface area (Å²) in [5, 5.41) is 9.98. The van der Waals surface area contributed by atoms with Crippen LogP contribution in [0.2, 0.25) is 18.6 Å². The van der Waals surface area contributed by atoms with Gasteiger partial charge in [0.05, 0.1) is 23.0 Å². The molecule has 3 aliphatic rings. The summed E-state index contributed by atoms with van der Waals surface area (Å²) >= 11 is 0. The molecular weight excluding hydrogens is 624 g/mol. The Hall–Kier alpha value is -4.05. The van der Waals surface area contributed by atoms with E-state index in [0.29, 0.717) is 46.2 Å². The van der Waals surface area contributed by atoms with Gasteiger partial charge in [0.1, 0.15) is 5.75 Å². The first-order valence-electron chi connectivity index (χ1n) is 16.8. The Morgan fingerprint density at radius 2 is 1.69 bits per heavy atom. The second kappa shape index (κ2) is 13.1. The smallest absolute Gasteiger partial charge is 0.266 e. The van der Waals surface area contributed by atoms with E-state index in [1.807, 2.05) is 55.5 Å². The highest BCUT2D eigenvalue weighted by atomic mass is 28.4. The second-order valence-electron chi connectivity index (χ2n) is 14.0. The number of allylic oxidation sites excluding steroid dienone is 3. The van der Waals surface area contributed by atoms with Crippen molar-refractivity contribution in [1.29, 1.82) is 0 Å². The van der Waals surface area contributed by atoms with E-state index in [1.54, 1.807) is 41.1 Å². The molecule has 0 unspecified atom stereocenters. The summed E-state index contributed by atoms with van der Waals surface area (Å²) < 4.78 is 29.1. The Bertz CT molecular complexity index is 1790. The second-order valence-corrected chi connectivity index (χ2v) is 17.8. The highest BCUT2D eigenvalue weighted by molar-refractivity contribution is 6.72. The average molecular weight is 669 g/mol. The molecule has 7 nitrogen and oxygen atoms in total. The number of hydrogen-bond acceptors (Lipinski definition) is 5. The number of carbonyl (C=O) groups is 2. The van der Waals surface area contributed by atoms with Gasteiger partial charge in [0.2, 0.25) is 8.41 Å². The topological polar surface area (TPSA) is 79.3 Å². The largest absolute Gasteiger partial charge is 0.454 e. The van der Waals surface area contributed by atoms with E-state index in [-0.39, 0.29) is 24.8 Å². The standard InChI is InChI=1S/C39H45FN2O5Si/c1-25(2)12-11-13-26(3)20-22-41-31-19-18-28(42-32-15-8-10-17-34(32)46-33-16-9-7-14-29(33)37(42)44)24-30(31)39(38(41)45)27(4)36(48(5,6)40)35(47-39)21-23-43/h7-10,12,14-20,24,27,35-36,43H,11,13,21-23H2,1-6H3/b26-20+/t27-,35+,36-,39+/m0/s1. The summed E-state index contributed by atoms with van der Waals surface area (Å²) in [5.74, 6) is -0.0344. The van der Waals surface area contributed by atoms with E-state index in [1.165, 1.54) is 11.1 Å². The van der Waals surface area contributed by atoms with Crippen molar-refractivity contribution >= 4 is 37.3 Å². The Kier molecular flexibility index (Phi) is 9.23. The van der Waals surface area contributed by atoms with Crippen molar-refractivity contribution in [3.63, 3.8) is 0 Å². The van der Waals surface area contributed by atoms with E-state index in [0.717, 1.165) is 12.8 Å². The number of benzene rings is 3. The Morgan fingerprint density at radius 3 is 2.40 bits per heavy atom. The lowest BCUT2D eigenvalue weighted by molar-refractivity contribution is -0.146. The molecule has 3 aromatic carbocycles. The highest BCUT2D eigenvalue weighted by Gasteiger charge is 2.66. The van der Waals surface area contributed by atoms with Crippen molar-refractivity contribution in [3.8, 4) is 11.5 Å². The lowest BCUT2D eigenvalue weighted by Crippen LogP contribution is -2.45. The van der Waals surface area contributed by atoms with Crippen LogP contribution < -0.4 is 14.5 Å². The molecule has 1 saturated heterocycles. The minimum Gasteiger partial charge on any atom is -0.454 e. The average Bonchev–Trinajstić information content (AvgIpc) is 3.41. The van der Waals surface area contributed by atoms with Gasteiger partial charge in [-0.15, -0.1) is 0 Å². The first-order valence-corrected chi connectivity index (χ1v) is 19.8. The van der Waals surface area contributed by atoms with Gasteiger partial charge in [-0.3, -0.25) is 14.5 Å². The van der Waals surface area contributed by atoms with Gasteiger partial charge in [-0.1, -0.05) is 54.5 Å². The van der Waals surface area contributed by atoms with Crippen molar-refractivity contribution in [2.45, 2.75) is 77.3 Å². The first kappa shape index (κ1) is 33.8. The van der Waals surface area contributed by atoms with Crippen molar-refractivity contribution in [1.82, 2.24) is 0 Å². The minimum atomic E-state index is -3.37. The number of nitrogens with zero attached hydrogens (tertiary/aromatic N) is 2. The number of rotatable bonds is 9. The van der Waals surface area contributed by atoms with Crippen LogP contribution in [0, 0.1) is 5.92 Å². The molecule has 1 spiro atoms. The van der Waals surface area contributed by atoms with Crippen LogP contribution in [-0.2, 0) is 15.1 Å². The van der Waals surface area contributed by atoms with Crippen LogP contribution in [0.25, 0.3) is 0 Å². The molecule has 9 heteroatoms. The number of ether oxygens (including phenoxy) is 2. The molecule has 0 saturated carbocycles. The van der Waals surface area contributed by atoms with Gasteiger partial charge in [0.25, 0.3) is 11.8 Å². The van der Waals surface area contributed by atoms with Crippen LogP contribution in [0.3, 0.4) is 0 Å². The van der Waals surface area contributed by atoms with Crippen LogP contribution in [0.1, 0.15) is 62.9 Å². The number of para-hydroxylation sites is 3. The van der Waals surface area contributed by atoms with Gasteiger partial charge in [-0.05, 0) is 95.6 Å². The fourth-order valence-corrected chi connectivity index (χ4v) is 10.3. The predicted octanol–water partition coefficient (Wildman–Crippen LogP) is 8.97. The van der Waals surface area contributed by atoms with E-state index in [9.17, 15) is 14.7 Å². The lowest BCUT2D eigenvalue weighted by atomic mass is 9.82. The van der Waals surface area contributed by atoms with E-state index in [4.69, 9.17) is 9.47 Å². The molecule has 0 aliphatic carbocycles. The summed E-state index contributed by atoms with van der Waals surface area (Å²) in [6.07, 6.45) is 5.68. The zero-order valence-electron chi connectivity index (χ0n) is 28.6. The molecule has 1 fully saturated rings. The van der Waals surface area contributed by atoms with Crippen LogP contribution in [0.15, 0.2) is 90.0 Å². The number of aliphatic hydroxyl groups excluding tert-OH is 1. The van der Waals surface area contributed by atoms with Crippen molar-refractivity contribution in [2.75, 3.05) is 23.0 Å². The zero-order chi connectivity index (χ0) is 34.4. The zero-order valence-corrected chi connectivity index (χ0v) is 29.6. The van der Waals surface area contributed by atoms with Gasteiger partial charge >= 0.3 is 0 Å². The maximum atomic E-state index is 16.1. The monoisotopic (exact) mass is 668 g/mol. The summed E-state index contributed by atoms with van der Waals surface area (Å²) in [4.78, 5) is 32.4. The minimum absolute atomic E-state index is 0.175. The maximum absolute atomic E-state index is 16.1. The van der Waals surface area contributed by atoms with Crippen LogP contribution in [0.5, 0.6) is 11.5 Å². The van der Waals surface area contributed by atoms with Crippen LogP contribution in [-0.4, -0.2) is 44.6 Å². The van der Waals surface area contributed by atoms with E-state index in [2.05, 4.69) is 32.9 Å². The summed E-state index contributed by atoms with van der Waals surface area (Å²) in [5.41, 5.74) is 3.25. The number of halogens is 1. The Labute approximate surface area is 283 Å². The van der Waals surface area contributed by atoms with Crippen molar-refractivity contribution in [2.24, 2.45) is 5.92 Å². The molecule has 3 aliphatic heterocycles. The SMILES string of the molecule is CC(C)=CCC/C(C)=C/CN1C(=O)[C@]2(O[C@H](CCO)[C@@H]([Si](C)(C)F)[C@@H]2C)c2cc(N3C(=O)c4ccccc4Oc4ccccc43)ccc21. The third-order valence-electron chi connectivity index (χ3n) is 9.98. The molecule has 4 atom stereocenters. The molecule has 252 valence electrons. The van der Waals surface area contributed by atoms with Gasteiger partial charge in [0.15, 0.2) is 11.4 Å². The van der Waals surface area contributed by atoms with Gasteiger partial charge < -0.3 is 23.6 Å². The summed E-state index contributed by atoms with van der Waals surface area (Å²) in [6, 6.07) is 20.1. The number of amides is 2. The molecule has 3 heterocycles. The number of aliphatic hydroxyl groups is 1. The quantitative estimate of drug-likeness (QED) is 0.140. The Balaban J connectivity index is 1.49. The third kappa shape index (κ3) is 5.82. The molecule has 2 amide bonds.